The van der Waals surface area contributed by atoms with Crippen LogP contribution in [-0.4, -0.2) is 23.7 Å². The van der Waals surface area contributed by atoms with Crippen molar-refractivity contribution in [3.63, 3.8) is 0 Å². The minimum absolute atomic E-state index is 0.112. The second kappa shape index (κ2) is 7.13. The molecule has 1 atom stereocenters. The fraction of sp³-hybridized carbons (Fsp3) is 0.500. The molecule has 100 valence electrons. The van der Waals surface area contributed by atoms with Crippen molar-refractivity contribution in [2.24, 2.45) is 11.7 Å². The predicted octanol–water partition coefficient (Wildman–Crippen LogP) is 1.28. The Labute approximate surface area is 108 Å². The molecule has 0 spiro atoms. The minimum Gasteiger partial charge on any atom is -0.395 e. The Morgan fingerprint density at radius 3 is 2.39 bits per heavy atom. The standard InChI is InChI=1S/C14H22N2O2/c1-10(2)7-13(9-17)16-8-11-3-5-12(6-4-11)14(15)18/h3-6,10,13,16-17H,7-9H2,1-2H3,(H2,15,18). The molecule has 0 fully saturated rings. The number of primary amides is 1. The lowest BCUT2D eigenvalue weighted by atomic mass is 10.0. The number of nitrogens with one attached hydrogen (secondary N) is 1. The van der Waals surface area contributed by atoms with Crippen molar-refractivity contribution in [1.29, 1.82) is 0 Å². The van der Waals surface area contributed by atoms with E-state index in [1.165, 1.54) is 0 Å². The van der Waals surface area contributed by atoms with E-state index in [4.69, 9.17) is 5.73 Å². The molecule has 18 heavy (non-hydrogen) atoms. The molecule has 0 radical (unpaired) electrons. The van der Waals surface area contributed by atoms with Crippen molar-refractivity contribution in [1.82, 2.24) is 5.32 Å². The Kier molecular flexibility index (Phi) is 5.82. The van der Waals surface area contributed by atoms with Crippen LogP contribution in [-0.2, 0) is 6.54 Å². The van der Waals surface area contributed by atoms with E-state index in [2.05, 4.69) is 19.2 Å². The van der Waals surface area contributed by atoms with Crippen molar-refractivity contribution < 1.29 is 9.90 Å². The van der Waals surface area contributed by atoms with Crippen LogP contribution in [0.3, 0.4) is 0 Å². The summed E-state index contributed by atoms with van der Waals surface area (Å²) < 4.78 is 0. The lowest BCUT2D eigenvalue weighted by molar-refractivity contribution is 0.100. The summed E-state index contributed by atoms with van der Waals surface area (Å²) in [7, 11) is 0. The van der Waals surface area contributed by atoms with Crippen LogP contribution in [0.5, 0.6) is 0 Å². The summed E-state index contributed by atoms with van der Waals surface area (Å²) in [6.07, 6.45) is 0.940. The van der Waals surface area contributed by atoms with Crippen LogP contribution in [0.4, 0.5) is 0 Å². The summed E-state index contributed by atoms with van der Waals surface area (Å²) in [5, 5.41) is 12.5. The number of carbonyl (C=O) groups is 1. The third-order valence-electron chi connectivity index (χ3n) is 2.81. The summed E-state index contributed by atoms with van der Waals surface area (Å²) >= 11 is 0. The van der Waals surface area contributed by atoms with Gasteiger partial charge in [-0.1, -0.05) is 26.0 Å². The molecule has 0 saturated heterocycles. The fourth-order valence-electron chi connectivity index (χ4n) is 1.84. The predicted molar refractivity (Wildman–Crippen MR) is 72.1 cm³/mol. The van der Waals surface area contributed by atoms with E-state index in [-0.39, 0.29) is 12.6 Å². The van der Waals surface area contributed by atoms with E-state index >= 15 is 0 Å². The van der Waals surface area contributed by atoms with Crippen LogP contribution in [0.15, 0.2) is 24.3 Å². The van der Waals surface area contributed by atoms with Gasteiger partial charge in [0, 0.05) is 18.2 Å². The molecule has 4 N–H and O–H groups in total. The number of rotatable bonds is 7. The van der Waals surface area contributed by atoms with E-state index in [9.17, 15) is 9.90 Å². The van der Waals surface area contributed by atoms with E-state index in [0.717, 1.165) is 12.0 Å². The van der Waals surface area contributed by atoms with Gasteiger partial charge in [0.2, 0.25) is 5.91 Å². The molecular formula is C14H22N2O2. The van der Waals surface area contributed by atoms with E-state index in [1.807, 2.05) is 12.1 Å². The maximum absolute atomic E-state index is 10.9. The van der Waals surface area contributed by atoms with Crippen LogP contribution in [0.2, 0.25) is 0 Å². The normalized spacial score (nSPS) is 12.7. The Hall–Kier alpha value is -1.39. The zero-order chi connectivity index (χ0) is 13.5. The number of carbonyl (C=O) groups excluding carboxylic acids is 1. The molecule has 1 rings (SSSR count). The summed E-state index contributed by atoms with van der Waals surface area (Å²) in [6, 6.07) is 7.29. The number of amides is 1. The smallest absolute Gasteiger partial charge is 0.248 e. The number of hydrogen-bond donors (Lipinski definition) is 3. The Morgan fingerprint density at radius 1 is 1.33 bits per heavy atom. The topological polar surface area (TPSA) is 75.3 Å². The molecule has 0 aliphatic rings. The van der Waals surface area contributed by atoms with Gasteiger partial charge in [-0.25, -0.2) is 0 Å². The fourth-order valence-corrected chi connectivity index (χ4v) is 1.84. The van der Waals surface area contributed by atoms with Crippen LogP contribution in [0.25, 0.3) is 0 Å². The van der Waals surface area contributed by atoms with Gasteiger partial charge in [0.25, 0.3) is 0 Å². The molecule has 4 heteroatoms. The largest absolute Gasteiger partial charge is 0.395 e. The van der Waals surface area contributed by atoms with Gasteiger partial charge < -0.3 is 16.2 Å². The van der Waals surface area contributed by atoms with Crippen molar-refractivity contribution in [2.45, 2.75) is 32.9 Å². The Morgan fingerprint density at radius 2 is 1.94 bits per heavy atom. The SMILES string of the molecule is CC(C)CC(CO)NCc1ccc(C(N)=O)cc1. The number of aliphatic hydroxyl groups excluding tert-OH is 1. The first-order valence-corrected chi connectivity index (χ1v) is 6.26. The quantitative estimate of drug-likeness (QED) is 0.682. The summed E-state index contributed by atoms with van der Waals surface area (Å²) in [6.45, 7) is 5.08. The third kappa shape index (κ3) is 4.85. The third-order valence-corrected chi connectivity index (χ3v) is 2.81. The Bertz CT molecular complexity index is 374. The summed E-state index contributed by atoms with van der Waals surface area (Å²) in [4.78, 5) is 10.9. The maximum Gasteiger partial charge on any atom is 0.248 e. The number of hydrogen-bond acceptors (Lipinski definition) is 3. The van der Waals surface area contributed by atoms with Gasteiger partial charge in [0.05, 0.1) is 6.61 Å². The monoisotopic (exact) mass is 250 g/mol. The van der Waals surface area contributed by atoms with Gasteiger partial charge in [-0.3, -0.25) is 4.79 Å². The van der Waals surface area contributed by atoms with Crippen LogP contribution < -0.4 is 11.1 Å². The molecule has 0 aliphatic carbocycles. The first-order chi connectivity index (χ1) is 8.52. The van der Waals surface area contributed by atoms with E-state index in [1.54, 1.807) is 12.1 Å². The molecule has 0 bridgehead atoms. The van der Waals surface area contributed by atoms with Crippen LogP contribution in [0.1, 0.15) is 36.2 Å². The molecule has 1 amide bonds. The van der Waals surface area contributed by atoms with Crippen molar-refractivity contribution in [3.05, 3.63) is 35.4 Å². The minimum atomic E-state index is -0.414. The average Bonchev–Trinajstić information content (AvgIpc) is 2.34. The highest BCUT2D eigenvalue weighted by atomic mass is 16.3. The second-order valence-electron chi connectivity index (χ2n) is 4.95. The highest BCUT2D eigenvalue weighted by Crippen LogP contribution is 2.07. The molecule has 0 saturated carbocycles. The Balaban J connectivity index is 2.49. The number of benzene rings is 1. The first kappa shape index (κ1) is 14.7. The number of aliphatic hydroxyl groups is 1. The van der Waals surface area contributed by atoms with Crippen molar-refractivity contribution in [3.8, 4) is 0 Å². The molecule has 1 aromatic carbocycles. The zero-order valence-electron chi connectivity index (χ0n) is 11.0. The lowest BCUT2D eigenvalue weighted by Gasteiger charge is -2.18. The molecule has 0 aliphatic heterocycles. The zero-order valence-corrected chi connectivity index (χ0v) is 11.0. The van der Waals surface area contributed by atoms with Gasteiger partial charge >= 0.3 is 0 Å². The molecular weight excluding hydrogens is 228 g/mol. The van der Waals surface area contributed by atoms with Gasteiger partial charge in [-0.05, 0) is 30.0 Å². The second-order valence-corrected chi connectivity index (χ2v) is 4.95. The molecule has 1 aromatic rings. The summed E-state index contributed by atoms with van der Waals surface area (Å²) in [5.74, 6) is 0.134. The lowest BCUT2D eigenvalue weighted by Crippen LogP contribution is -2.33. The average molecular weight is 250 g/mol. The van der Waals surface area contributed by atoms with Gasteiger partial charge in [-0.15, -0.1) is 0 Å². The van der Waals surface area contributed by atoms with Crippen LogP contribution in [0, 0.1) is 5.92 Å². The van der Waals surface area contributed by atoms with Crippen LogP contribution >= 0.6 is 0 Å². The highest BCUT2D eigenvalue weighted by Gasteiger charge is 2.09. The molecule has 1 unspecified atom stereocenters. The molecule has 0 heterocycles. The number of nitrogens with two attached hydrogens (primary N) is 1. The van der Waals surface area contributed by atoms with Gasteiger partial charge in [0.15, 0.2) is 0 Å². The van der Waals surface area contributed by atoms with Gasteiger partial charge in [0.1, 0.15) is 0 Å². The molecule has 4 nitrogen and oxygen atoms in total. The van der Waals surface area contributed by atoms with E-state index in [0.29, 0.717) is 18.0 Å². The first-order valence-electron chi connectivity index (χ1n) is 6.26. The van der Waals surface area contributed by atoms with Crippen molar-refractivity contribution >= 4 is 5.91 Å². The summed E-state index contributed by atoms with van der Waals surface area (Å²) in [5.41, 5.74) is 6.76. The maximum atomic E-state index is 10.9. The van der Waals surface area contributed by atoms with E-state index < -0.39 is 5.91 Å². The highest BCUT2D eigenvalue weighted by molar-refractivity contribution is 5.92. The van der Waals surface area contributed by atoms with Crippen molar-refractivity contribution in [2.75, 3.05) is 6.61 Å². The molecule has 0 aromatic heterocycles. The van der Waals surface area contributed by atoms with Gasteiger partial charge in [-0.2, -0.15) is 0 Å².